The van der Waals surface area contributed by atoms with Gasteiger partial charge in [-0.15, -0.1) is 0 Å². The Hall–Kier alpha value is -2.85. The zero-order valence-electron chi connectivity index (χ0n) is 17.4. The lowest BCUT2D eigenvalue weighted by molar-refractivity contribution is -0.123. The average Bonchev–Trinajstić information content (AvgIpc) is 2.75. The highest BCUT2D eigenvalue weighted by atomic mass is 79.9. The lowest BCUT2D eigenvalue weighted by atomic mass is 10.2. The molecule has 166 valence electrons. The van der Waals surface area contributed by atoms with Crippen LogP contribution in [0.2, 0.25) is 0 Å². The summed E-state index contributed by atoms with van der Waals surface area (Å²) in [5.41, 5.74) is 5.15. The molecule has 0 aliphatic carbocycles. The molecule has 0 atom stereocenters. The molecule has 0 aliphatic rings. The summed E-state index contributed by atoms with van der Waals surface area (Å²) in [6.45, 7) is 4.25. The summed E-state index contributed by atoms with van der Waals surface area (Å²) in [6, 6.07) is 11.9. The maximum absolute atomic E-state index is 12.6. The van der Waals surface area contributed by atoms with E-state index in [2.05, 4.69) is 32.1 Å². The van der Waals surface area contributed by atoms with E-state index in [4.69, 9.17) is 26.4 Å². The molecule has 0 spiro atoms. The van der Waals surface area contributed by atoms with Crippen LogP contribution in [0.3, 0.4) is 0 Å². The molecule has 2 rings (SSSR count). The summed E-state index contributed by atoms with van der Waals surface area (Å²) in [4.78, 5) is 24.5. The molecule has 0 heterocycles. The van der Waals surface area contributed by atoms with Crippen molar-refractivity contribution in [2.45, 2.75) is 13.8 Å². The third-order valence-electron chi connectivity index (χ3n) is 3.73. The van der Waals surface area contributed by atoms with E-state index < -0.39 is 11.8 Å². The molecule has 0 radical (unpaired) electrons. The van der Waals surface area contributed by atoms with Gasteiger partial charge in [0.2, 0.25) is 0 Å². The van der Waals surface area contributed by atoms with Gasteiger partial charge in [0.15, 0.2) is 11.7 Å². The fourth-order valence-corrected chi connectivity index (χ4v) is 2.75. The number of methoxy groups -OCH3 is 1. The number of carbonyl (C=O) groups is 2. The molecule has 10 heteroatoms. The van der Waals surface area contributed by atoms with Crippen LogP contribution in [0.15, 0.2) is 46.9 Å². The maximum Gasteiger partial charge on any atom is 0.276 e. The molecule has 0 saturated carbocycles. The van der Waals surface area contributed by atoms with Crippen LogP contribution in [-0.4, -0.2) is 37.3 Å². The van der Waals surface area contributed by atoms with Crippen molar-refractivity contribution in [3.63, 3.8) is 0 Å². The number of hydrogen-bond acceptors (Lipinski definition) is 6. The van der Waals surface area contributed by atoms with Crippen LogP contribution in [0.5, 0.6) is 17.2 Å². The van der Waals surface area contributed by atoms with Crippen molar-refractivity contribution in [2.75, 3.05) is 20.3 Å². The second kappa shape index (κ2) is 12.1. The van der Waals surface area contributed by atoms with Crippen LogP contribution in [-0.2, 0) is 4.79 Å². The topological polar surface area (TPSA) is 97.9 Å². The molecule has 8 nitrogen and oxygen atoms in total. The van der Waals surface area contributed by atoms with E-state index >= 15 is 0 Å². The molecule has 31 heavy (non-hydrogen) atoms. The summed E-state index contributed by atoms with van der Waals surface area (Å²) in [7, 11) is 1.56. The van der Waals surface area contributed by atoms with Crippen molar-refractivity contribution in [3.05, 3.63) is 52.5 Å². The van der Waals surface area contributed by atoms with Crippen LogP contribution >= 0.6 is 28.1 Å². The van der Waals surface area contributed by atoms with Crippen molar-refractivity contribution in [2.24, 2.45) is 5.92 Å². The Morgan fingerprint density at radius 1 is 1.03 bits per heavy atom. The normalized spacial score (nSPS) is 10.2. The van der Waals surface area contributed by atoms with Gasteiger partial charge >= 0.3 is 0 Å². The molecule has 0 saturated heterocycles. The minimum absolute atomic E-state index is 0.0717. The quantitative estimate of drug-likeness (QED) is 0.371. The van der Waals surface area contributed by atoms with Crippen molar-refractivity contribution in [1.82, 2.24) is 16.2 Å². The molecule has 2 aromatic carbocycles. The summed E-state index contributed by atoms with van der Waals surface area (Å²) in [5, 5.41) is 2.43. The third-order valence-corrected chi connectivity index (χ3v) is 4.43. The van der Waals surface area contributed by atoms with E-state index in [-0.39, 0.29) is 11.7 Å². The number of benzene rings is 2. The first-order valence-corrected chi connectivity index (χ1v) is 10.6. The van der Waals surface area contributed by atoms with E-state index in [9.17, 15) is 9.59 Å². The Morgan fingerprint density at radius 2 is 1.71 bits per heavy atom. The maximum atomic E-state index is 12.6. The Kier molecular flexibility index (Phi) is 9.54. The number of thiocarbonyl (C=S) groups is 1. The van der Waals surface area contributed by atoms with Crippen molar-refractivity contribution in [3.8, 4) is 17.2 Å². The van der Waals surface area contributed by atoms with E-state index in [0.29, 0.717) is 35.3 Å². The molecular weight excluding hydrogens is 486 g/mol. The van der Waals surface area contributed by atoms with Gasteiger partial charge in [-0.1, -0.05) is 29.8 Å². The second-order valence-corrected chi connectivity index (χ2v) is 8.09. The van der Waals surface area contributed by atoms with Gasteiger partial charge in [-0.05, 0) is 60.6 Å². The molecular formula is C21H24BrN3O5S. The lowest BCUT2D eigenvalue weighted by Gasteiger charge is -2.15. The SMILES string of the molecule is COc1ccc(OCC(=O)NNC(=S)NC(=O)c2cc(Br)ccc2OCC(C)C)cc1. The number of amides is 2. The van der Waals surface area contributed by atoms with E-state index in [1.54, 1.807) is 49.6 Å². The van der Waals surface area contributed by atoms with Gasteiger partial charge in [0.05, 0.1) is 19.3 Å². The molecule has 2 aromatic rings. The number of nitrogens with one attached hydrogen (secondary N) is 3. The summed E-state index contributed by atoms with van der Waals surface area (Å²) in [6.07, 6.45) is 0. The second-order valence-electron chi connectivity index (χ2n) is 6.77. The third kappa shape index (κ3) is 8.42. The highest BCUT2D eigenvalue weighted by Gasteiger charge is 2.15. The molecule has 0 aromatic heterocycles. The van der Waals surface area contributed by atoms with Gasteiger partial charge in [0.1, 0.15) is 17.2 Å². The van der Waals surface area contributed by atoms with Crippen molar-refractivity contribution in [1.29, 1.82) is 0 Å². The largest absolute Gasteiger partial charge is 0.497 e. The van der Waals surface area contributed by atoms with Gasteiger partial charge in [-0.25, -0.2) is 0 Å². The van der Waals surface area contributed by atoms with Crippen LogP contribution in [0.25, 0.3) is 0 Å². The zero-order valence-corrected chi connectivity index (χ0v) is 19.8. The smallest absolute Gasteiger partial charge is 0.276 e. The van der Waals surface area contributed by atoms with Crippen molar-refractivity contribution >= 4 is 45.1 Å². The predicted octanol–water partition coefficient (Wildman–Crippen LogP) is 3.21. The van der Waals surface area contributed by atoms with Gasteiger partial charge < -0.3 is 14.2 Å². The van der Waals surface area contributed by atoms with Crippen LogP contribution < -0.4 is 30.4 Å². The average molecular weight is 510 g/mol. The number of rotatable bonds is 8. The lowest BCUT2D eigenvalue weighted by Crippen LogP contribution is -2.49. The van der Waals surface area contributed by atoms with Gasteiger partial charge in [0.25, 0.3) is 11.8 Å². The zero-order chi connectivity index (χ0) is 22.8. The summed E-state index contributed by atoms with van der Waals surface area (Å²) in [5.74, 6) is 0.988. The van der Waals surface area contributed by atoms with Crippen LogP contribution in [0.4, 0.5) is 0 Å². The molecule has 0 bridgehead atoms. The van der Waals surface area contributed by atoms with Crippen molar-refractivity contribution < 1.29 is 23.8 Å². The molecule has 3 N–H and O–H groups in total. The molecule has 0 aliphatic heterocycles. The Balaban J connectivity index is 1.83. The molecule has 2 amide bonds. The van der Waals surface area contributed by atoms with E-state index in [1.165, 1.54) is 0 Å². The first-order valence-electron chi connectivity index (χ1n) is 9.38. The summed E-state index contributed by atoms with van der Waals surface area (Å²) >= 11 is 8.41. The Labute approximate surface area is 194 Å². The Bertz CT molecular complexity index is 922. The predicted molar refractivity (Wildman–Crippen MR) is 124 cm³/mol. The van der Waals surface area contributed by atoms with Gasteiger partial charge in [-0.2, -0.15) is 0 Å². The number of carbonyl (C=O) groups excluding carboxylic acids is 2. The summed E-state index contributed by atoms with van der Waals surface area (Å²) < 4.78 is 16.8. The van der Waals surface area contributed by atoms with Gasteiger partial charge in [0, 0.05) is 4.47 Å². The number of hydrogen-bond donors (Lipinski definition) is 3. The van der Waals surface area contributed by atoms with Crippen LogP contribution in [0.1, 0.15) is 24.2 Å². The van der Waals surface area contributed by atoms with Crippen LogP contribution in [0, 0.1) is 5.92 Å². The number of halogens is 1. The molecule has 0 fully saturated rings. The Morgan fingerprint density at radius 3 is 2.35 bits per heavy atom. The highest BCUT2D eigenvalue weighted by molar-refractivity contribution is 9.10. The van der Waals surface area contributed by atoms with E-state index in [1.807, 2.05) is 13.8 Å². The number of ether oxygens (including phenoxy) is 3. The first kappa shape index (κ1) is 24.4. The minimum atomic E-state index is -0.476. The highest BCUT2D eigenvalue weighted by Crippen LogP contribution is 2.24. The standard InChI is InChI=1S/C21H24BrN3O5S/c1-13(2)11-30-18-9-4-14(22)10-17(18)20(27)23-21(31)25-24-19(26)12-29-16-7-5-15(28-3)6-8-16/h4-10,13H,11-12H2,1-3H3,(H,24,26)(H2,23,25,27,31). The fraction of sp³-hybridized carbons (Fsp3) is 0.286. The minimum Gasteiger partial charge on any atom is -0.497 e. The first-order chi connectivity index (χ1) is 14.8. The van der Waals surface area contributed by atoms with E-state index in [0.717, 1.165) is 4.47 Å². The molecule has 0 unspecified atom stereocenters. The number of hydrazine groups is 1. The fourth-order valence-electron chi connectivity index (χ4n) is 2.25. The van der Waals surface area contributed by atoms with Gasteiger partial charge in [-0.3, -0.25) is 25.8 Å². The monoisotopic (exact) mass is 509 g/mol.